The summed E-state index contributed by atoms with van der Waals surface area (Å²) < 4.78 is 2.07. The van der Waals surface area contributed by atoms with Gasteiger partial charge >= 0.3 is 0 Å². The molecular formula is C45H28N6. The predicted octanol–water partition coefficient (Wildman–Crippen LogP) is 10.7. The average molecular weight is 653 g/mol. The minimum absolute atomic E-state index is 0.685. The van der Waals surface area contributed by atoms with Crippen molar-refractivity contribution in [1.29, 1.82) is 0 Å². The maximum Gasteiger partial charge on any atom is 0.172 e. The van der Waals surface area contributed by atoms with Crippen molar-refractivity contribution < 1.29 is 0 Å². The summed E-state index contributed by atoms with van der Waals surface area (Å²) in [4.78, 5) is 15.5. The van der Waals surface area contributed by atoms with E-state index in [0.29, 0.717) is 5.82 Å². The van der Waals surface area contributed by atoms with Crippen LogP contribution in [-0.4, -0.2) is 29.5 Å². The van der Waals surface area contributed by atoms with E-state index >= 15 is 0 Å². The molecule has 10 aromatic rings. The number of fused-ring (bicyclic) bond motifs is 5. The third-order valence-electron chi connectivity index (χ3n) is 9.50. The molecule has 0 saturated heterocycles. The smallest absolute Gasteiger partial charge is 0.172 e. The summed E-state index contributed by atoms with van der Waals surface area (Å²) in [6, 6.07) is 58.3. The second kappa shape index (κ2) is 11.8. The van der Waals surface area contributed by atoms with Crippen molar-refractivity contribution in [2.24, 2.45) is 0 Å². The van der Waals surface area contributed by atoms with Crippen LogP contribution >= 0.6 is 0 Å². The summed E-state index contributed by atoms with van der Waals surface area (Å²) in [7, 11) is 0. The van der Waals surface area contributed by atoms with E-state index in [9.17, 15) is 0 Å². The van der Waals surface area contributed by atoms with Crippen LogP contribution in [0.25, 0.3) is 94.8 Å². The molecule has 7 aromatic carbocycles. The first kappa shape index (κ1) is 28.9. The van der Waals surface area contributed by atoms with Gasteiger partial charge in [0.1, 0.15) is 5.82 Å². The molecule has 10 rings (SSSR count). The highest BCUT2D eigenvalue weighted by Crippen LogP contribution is 2.36. The molecule has 3 aromatic heterocycles. The Kier molecular flexibility index (Phi) is 6.70. The Morgan fingerprint density at radius 2 is 0.961 bits per heavy atom. The maximum absolute atomic E-state index is 5.25. The van der Waals surface area contributed by atoms with Gasteiger partial charge in [0, 0.05) is 33.0 Å². The highest BCUT2D eigenvalue weighted by molar-refractivity contribution is 6.03. The molecule has 0 amide bonds. The van der Waals surface area contributed by atoms with Crippen LogP contribution in [0.1, 0.15) is 0 Å². The van der Waals surface area contributed by atoms with Crippen molar-refractivity contribution >= 4 is 38.2 Å². The number of aromatic nitrogens is 6. The van der Waals surface area contributed by atoms with E-state index in [-0.39, 0.29) is 0 Å². The minimum atomic E-state index is 0.685. The topological polar surface area (TPSA) is 68.9 Å². The Labute approximate surface area is 293 Å². The lowest BCUT2D eigenvalue weighted by Gasteiger charge is -2.13. The molecule has 0 atom stereocenters. The molecule has 0 aliphatic heterocycles. The SMILES string of the molecule is c1ccc(-c2nnc3c4ccccc4nc(-c4cccc(-c5cccc(-c6nc(-c7cccc8ccccc78)c7ccccc7n6)c5)c4)n23)cc1. The summed E-state index contributed by atoms with van der Waals surface area (Å²) in [6.07, 6.45) is 0. The van der Waals surface area contributed by atoms with E-state index < -0.39 is 0 Å². The summed E-state index contributed by atoms with van der Waals surface area (Å²) in [5.74, 6) is 2.22. The molecule has 6 heteroatoms. The zero-order valence-corrected chi connectivity index (χ0v) is 27.3. The standard InChI is InChI=1S/C45H28N6/c1-2-14-30(15-3-1)44-49-50-45-38-23-7-9-26-40(38)47-43(51(44)45)34-20-11-18-32(28-34)31-17-10-19-33(27-31)42-46-39-25-8-6-22-37(39)41(48-42)36-24-12-16-29-13-4-5-21-35(29)36/h1-28H. The number of rotatable bonds is 5. The monoisotopic (exact) mass is 652 g/mol. The quantitative estimate of drug-likeness (QED) is 0.185. The molecule has 238 valence electrons. The van der Waals surface area contributed by atoms with Crippen LogP contribution < -0.4 is 0 Å². The van der Waals surface area contributed by atoms with Crippen LogP contribution in [0.4, 0.5) is 0 Å². The van der Waals surface area contributed by atoms with Gasteiger partial charge < -0.3 is 0 Å². The van der Waals surface area contributed by atoms with E-state index in [0.717, 1.165) is 78.2 Å². The van der Waals surface area contributed by atoms with Gasteiger partial charge in [0.25, 0.3) is 0 Å². The Morgan fingerprint density at radius 3 is 1.78 bits per heavy atom. The largest absolute Gasteiger partial charge is 0.258 e. The number of nitrogens with zero attached hydrogens (tertiary/aromatic N) is 6. The van der Waals surface area contributed by atoms with Crippen LogP contribution in [-0.2, 0) is 0 Å². The lowest BCUT2D eigenvalue weighted by molar-refractivity contribution is 1.10. The Balaban J connectivity index is 1.12. The minimum Gasteiger partial charge on any atom is -0.258 e. The van der Waals surface area contributed by atoms with Crippen molar-refractivity contribution in [3.8, 4) is 56.5 Å². The predicted molar refractivity (Wildman–Crippen MR) is 206 cm³/mol. The Hall–Kier alpha value is -7.05. The molecule has 0 aliphatic carbocycles. The highest BCUT2D eigenvalue weighted by Gasteiger charge is 2.19. The molecule has 3 heterocycles. The van der Waals surface area contributed by atoms with Gasteiger partial charge in [-0.15, -0.1) is 10.2 Å². The normalized spacial score (nSPS) is 11.5. The van der Waals surface area contributed by atoms with Gasteiger partial charge in [0.05, 0.1) is 16.7 Å². The van der Waals surface area contributed by atoms with Crippen molar-refractivity contribution in [1.82, 2.24) is 29.5 Å². The van der Waals surface area contributed by atoms with Crippen LogP contribution in [0.3, 0.4) is 0 Å². The van der Waals surface area contributed by atoms with Gasteiger partial charge in [-0.3, -0.25) is 4.40 Å². The fourth-order valence-electron chi connectivity index (χ4n) is 7.07. The average Bonchev–Trinajstić information content (AvgIpc) is 3.66. The highest BCUT2D eigenvalue weighted by atomic mass is 15.3. The van der Waals surface area contributed by atoms with Crippen molar-refractivity contribution in [2.75, 3.05) is 0 Å². The zero-order valence-electron chi connectivity index (χ0n) is 27.3. The summed E-state index contributed by atoms with van der Waals surface area (Å²) in [6.45, 7) is 0. The van der Waals surface area contributed by atoms with Crippen LogP contribution in [0.2, 0.25) is 0 Å². The van der Waals surface area contributed by atoms with E-state index in [2.05, 4.69) is 136 Å². The number of hydrogen-bond donors (Lipinski definition) is 0. The molecule has 0 bridgehead atoms. The van der Waals surface area contributed by atoms with Crippen LogP contribution in [0.15, 0.2) is 170 Å². The maximum atomic E-state index is 5.25. The molecule has 0 spiro atoms. The fourth-order valence-corrected chi connectivity index (χ4v) is 7.07. The van der Waals surface area contributed by atoms with Gasteiger partial charge in [-0.25, -0.2) is 15.0 Å². The molecule has 6 nitrogen and oxygen atoms in total. The Morgan fingerprint density at radius 1 is 0.373 bits per heavy atom. The molecule has 0 aliphatic rings. The lowest BCUT2D eigenvalue weighted by atomic mass is 9.98. The second-order valence-electron chi connectivity index (χ2n) is 12.6. The molecule has 0 saturated carbocycles. The molecule has 0 N–H and O–H groups in total. The van der Waals surface area contributed by atoms with Crippen molar-refractivity contribution in [3.63, 3.8) is 0 Å². The first-order valence-electron chi connectivity index (χ1n) is 16.9. The zero-order chi connectivity index (χ0) is 33.7. The van der Waals surface area contributed by atoms with Gasteiger partial charge in [0.15, 0.2) is 17.3 Å². The first-order chi connectivity index (χ1) is 25.3. The van der Waals surface area contributed by atoms with Gasteiger partial charge in [-0.2, -0.15) is 0 Å². The van der Waals surface area contributed by atoms with Crippen molar-refractivity contribution in [2.45, 2.75) is 0 Å². The van der Waals surface area contributed by atoms with E-state index in [4.69, 9.17) is 15.0 Å². The van der Waals surface area contributed by atoms with Crippen LogP contribution in [0, 0.1) is 0 Å². The first-order valence-corrected chi connectivity index (χ1v) is 16.9. The van der Waals surface area contributed by atoms with Crippen LogP contribution in [0.5, 0.6) is 0 Å². The van der Waals surface area contributed by atoms with Crippen molar-refractivity contribution in [3.05, 3.63) is 170 Å². The third kappa shape index (κ3) is 4.92. The van der Waals surface area contributed by atoms with Gasteiger partial charge in [0.2, 0.25) is 0 Å². The lowest BCUT2D eigenvalue weighted by Crippen LogP contribution is -2.00. The molecule has 0 unspecified atom stereocenters. The van der Waals surface area contributed by atoms with E-state index in [1.807, 2.05) is 48.5 Å². The third-order valence-corrected chi connectivity index (χ3v) is 9.50. The number of benzene rings is 7. The number of para-hydroxylation sites is 2. The second-order valence-corrected chi connectivity index (χ2v) is 12.6. The number of hydrogen-bond acceptors (Lipinski definition) is 5. The molecular weight excluding hydrogens is 625 g/mol. The van der Waals surface area contributed by atoms with E-state index in [1.54, 1.807) is 0 Å². The van der Waals surface area contributed by atoms with Gasteiger partial charge in [-0.1, -0.05) is 140 Å². The summed E-state index contributed by atoms with van der Waals surface area (Å²) >= 11 is 0. The molecule has 0 fully saturated rings. The summed E-state index contributed by atoms with van der Waals surface area (Å²) in [5, 5.41) is 13.6. The fraction of sp³-hybridized carbons (Fsp3) is 0. The summed E-state index contributed by atoms with van der Waals surface area (Å²) in [5.41, 5.74) is 9.57. The molecule has 0 radical (unpaired) electrons. The Bertz CT molecular complexity index is 2920. The molecule has 51 heavy (non-hydrogen) atoms. The van der Waals surface area contributed by atoms with E-state index in [1.165, 1.54) is 10.8 Å². The van der Waals surface area contributed by atoms with Gasteiger partial charge in [-0.05, 0) is 52.2 Å².